The van der Waals surface area contributed by atoms with Crippen molar-refractivity contribution in [3.05, 3.63) is 236 Å². The van der Waals surface area contributed by atoms with Crippen molar-refractivity contribution in [2.75, 3.05) is 62.4 Å². The van der Waals surface area contributed by atoms with Gasteiger partial charge in [0.2, 0.25) is 11.4 Å². The predicted molar refractivity (Wildman–Crippen MR) is 383 cm³/mol. The van der Waals surface area contributed by atoms with E-state index in [1.807, 2.05) is 0 Å². The van der Waals surface area contributed by atoms with E-state index in [0.29, 0.717) is 26.4 Å². The number of hydrogen-bond acceptors (Lipinski definition) is 4. The lowest BCUT2D eigenvalue weighted by Crippen LogP contribution is -3.00. The molecule has 6 nitrogen and oxygen atoms in total. The number of rotatable bonds is 21. The zero-order valence-electron chi connectivity index (χ0n) is 56.0. The molecular formula is C82H94Cl2I2N4O2. The summed E-state index contributed by atoms with van der Waals surface area (Å²) in [4.78, 5) is 4.92. The Bertz CT molecular complexity index is 3840. The Hall–Kier alpha value is -5.34. The molecule has 0 unspecified atom stereocenters. The molecule has 0 amide bonds. The first kappa shape index (κ1) is 69.5. The highest BCUT2D eigenvalue weighted by Gasteiger charge is 2.47. The number of unbranched alkanes of at least 4 members (excludes halogenated alkanes) is 2. The van der Waals surface area contributed by atoms with E-state index in [4.69, 9.17) is 32.7 Å². The molecule has 2 aliphatic carbocycles. The van der Waals surface area contributed by atoms with Crippen LogP contribution in [-0.4, -0.2) is 73.2 Å². The van der Waals surface area contributed by atoms with Crippen molar-refractivity contribution < 1.29 is 66.6 Å². The number of benzene rings is 6. The van der Waals surface area contributed by atoms with Gasteiger partial charge in [-0.2, -0.15) is 9.15 Å². The maximum absolute atomic E-state index is 7.47. The SMILES string of the molecule is CCCC[N+]1=C(/C=C/C2=C(Cl)C(=C/C=C3/N(CCOCCOCCN4/C(=C/C=C5\CCCC(/C=C/C6=[N+](CCCC)c7ccc8ccccc8c7C6(C)C)=C5Cl)C(C)(C)c5ccccc54)c4ccccc4C3(C)C)/CCC2)C(C)(C)c2c1ccc1ccccc21.[I-].[I-]. The molecule has 0 saturated carbocycles. The molecule has 0 fully saturated rings. The van der Waals surface area contributed by atoms with Crippen molar-refractivity contribution in [3.8, 4) is 0 Å². The fourth-order valence-electron chi connectivity index (χ4n) is 15.7. The Labute approximate surface area is 594 Å². The third kappa shape index (κ3) is 13.2. The van der Waals surface area contributed by atoms with Crippen LogP contribution in [0.1, 0.15) is 156 Å². The minimum atomic E-state index is -0.199. The lowest BCUT2D eigenvalue weighted by atomic mass is 9.78. The summed E-state index contributed by atoms with van der Waals surface area (Å²) in [7, 11) is 0. The average molecular weight is 1490 g/mol. The highest BCUT2D eigenvalue weighted by Crippen LogP contribution is 2.51. The fraction of sp³-hybridized carbons (Fsp3) is 0.390. The van der Waals surface area contributed by atoms with Crippen molar-refractivity contribution in [2.45, 2.75) is 155 Å². The van der Waals surface area contributed by atoms with E-state index in [1.54, 1.807) is 0 Å². The number of para-hydroxylation sites is 2. The van der Waals surface area contributed by atoms with Gasteiger partial charge < -0.3 is 67.2 Å². The number of hydrogen-bond donors (Lipinski definition) is 0. The highest BCUT2D eigenvalue weighted by molar-refractivity contribution is 6.33. The molecular weight excluding hydrogens is 1400 g/mol. The highest BCUT2D eigenvalue weighted by atomic mass is 127. The Morgan fingerprint density at radius 2 is 0.837 bits per heavy atom. The molecule has 6 aromatic carbocycles. The molecule has 0 bridgehead atoms. The zero-order valence-corrected chi connectivity index (χ0v) is 61.8. The van der Waals surface area contributed by atoms with Crippen LogP contribution < -0.4 is 57.8 Å². The molecule has 482 valence electrons. The van der Waals surface area contributed by atoms with Crippen LogP contribution in [0.25, 0.3) is 21.5 Å². The third-order valence-corrected chi connectivity index (χ3v) is 21.5. The van der Waals surface area contributed by atoms with Gasteiger partial charge in [0.05, 0.1) is 37.3 Å². The number of halogens is 4. The number of ether oxygens (including phenoxy) is 2. The topological polar surface area (TPSA) is 31.0 Å². The largest absolute Gasteiger partial charge is 1.00 e. The molecule has 0 aromatic heterocycles. The summed E-state index contributed by atoms with van der Waals surface area (Å²) in [6, 6.07) is 44.6. The van der Waals surface area contributed by atoms with Crippen LogP contribution >= 0.6 is 23.2 Å². The molecule has 6 aromatic rings. The van der Waals surface area contributed by atoms with E-state index in [0.717, 1.165) is 100 Å². The molecule has 0 radical (unpaired) electrons. The molecule has 0 atom stereocenters. The smallest absolute Gasteiger partial charge is 0.210 e. The Morgan fingerprint density at radius 1 is 0.446 bits per heavy atom. The predicted octanol–water partition coefficient (Wildman–Crippen LogP) is 14.8. The van der Waals surface area contributed by atoms with Crippen LogP contribution in [0.2, 0.25) is 0 Å². The second-order valence-corrected chi connectivity index (χ2v) is 28.5. The van der Waals surface area contributed by atoms with Gasteiger partial charge in [-0.05, 0) is 158 Å². The van der Waals surface area contributed by atoms with Crippen molar-refractivity contribution in [3.63, 3.8) is 0 Å². The van der Waals surface area contributed by atoms with Gasteiger partial charge in [-0.3, -0.25) is 0 Å². The molecule has 10 heteroatoms. The normalized spacial score (nSPS) is 20.5. The zero-order chi connectivity index (χ0) is 63.0. The lowest BCUT2D eigenvalue weighted by Gasteiger charge is -2.27. The number of anilines is 2. The first-order valence-corrected chi connectivity index (χ1v) is 34.4. The standard InChI is InChI=1S/C82H94Cl2N4O2.2HI/c1-11-13-49-85-69-43-37-57-25-15-17-31-63(57)75(69)81(7,8)73(85)47-41-61-29-23-27-59(77(61)83)39-45-71-79(3,4)65-33-19-21-35-67(65)87(71)51-53-89-55-56-90-54-52-88-68-36-22-20-34-66(68)80(5,6)72(88)46-40-60-28-24-30-62(78(60)84)42-48-74-82(9,10)76-64-32-18-16-26-58(64)38-44-70(76)86(74)50-14-12-2;;/h15-22,25-26,31-48H,11-14,23-24,27-30,49-56H2,1-10H3;2*1H/q+2;;/p-2. The third-order valence-electron chi connectivity index (χ3n) is 20.5. The molecule has 0 spiro atoms. The Morgan fingerprint density at radius 3 is 1.25 bits per heavy atom. The average Bonchev–Trinajstić information content (AvgIpc) is 1.60. The fourth-order valence-corrected chi connectivity index (χ4v) is 16.3. The number of nitrogens with zero attached hydrogens (tertiary/aromatic N) is 4. The summed E-state index contributed by atoms with van der Waals surface area (Å²) in [5.41, 5.74) is 20.0. The van der Waals surface area contributed by atoms with Gasteiger partial charge in [0.1, 0.15) is 13.1 Å². The molecule has 12 rings (SSSR count). The molecule has 4 heterocycles. The minimum absolute atomic E-state index is 0. The van der Waals surface area contributed by atoms with Gasteiger partial charge in [-0.25, -0.2) is 0 Å². The molecule has 92 heavy (non-hydrogen) atoms. The molecule has 4 aliphatic heterocycles. The van der Waals surface area contributed by atoms with Crippen LogP contribution in [-0.2, 0) is 31.1 Å². The minimum Gasteiger partial charge on any atom is -1.00 e. The van der Waals surface area contributed by atoms with Gasteiger partial charge >= 0.3 is 0 Å². The molecule has 0 saturated heterocycles. The van der Waals surface area contributed by atoms with Crippen LogP contribution in [0, 0.1) is 0 Å². The van der Waals surface area contributed by atoms with Gasteiger partial charge in [-0.1, -0.05) is 187 Å². The second-order valence-electron chi connectivity index (χ2n) is 27.7. The van der Waals surface area contributed by atoms with Crippen molar-refractivity contribution in [1.82, 2.24) is 0 Å². The number of allylic oxidation sites excluding steroid dienone is 16. The van der Waals surface area contributed by atoms with Crippen molar-refractivity contribution in [2.24, 2.45) is 0 Å². The first-order chi connectivity index (χ1) is 43.5. The quantitative estimate of drug-likeness (QED) is 0.0408. The summed E-state index contributed by atoms with van der Waals surface area (Å²) in [5, 5.41) is 7.05. The summed E-state index contributed by atoms with van der Waals surface area (Å²) >= 11 is 14.9. The van der Waals surface area contributed by atoms with Gasteiger partial charge in [0.15, 0.2) is 11.4 Å². The van der Waals surface area contributed by atoms with Crippen LogP contribution in [0.4, 0.5) is 22.7 Å². The van der Waals surface area contributed by atoms with E-state index in [9.17, 15) is 0 Å². The van der Waals surface area contributed by atoms with E-state index in [1.165, 1.54) is 112 Å². The maximum atomic E-state index is 7.47. The van der Waals surface area contributed by atoms with Crippen molar-refractivity contribution >= 4 is 78.9 Å². The van der Waals surface area contributed by atoms with E-state index in [2.05, 4.69) is 258 Å². The van der Waals surface area contributed by atoms with E-state index >= 15 is 0 Å². The summed E-state index contributed by atoms with van der Waals surface area (Å²) < 4.78 is 18.0. The second kappa shape index (κ2) is 29.3. The first-order valence-electron chi connectivity index (χ1n) is 33.7. The Kier molecular flexibility index (Phi) is 22.2. The van der Waals surface area contributed by atoms with E-state index < -0.39 is 0 Å². The number of fused-ring (bicyclic) bond motifs is 8. The van der Waals surface area contributed by atoms with Gasteiger partial charge in [-0.15, -0.1) is 0 Å². The van der Waals surface area contributed by atoms with Gasteiger partial charge in [0.25, 0.3) is 0 Å². The monoisotopic (exact) mass is 1490 g/mol. The van der Waals surface area contributed by atoms with E-state index in [-0.39, 0.29) is 69.6 Å². The van der Waals surface area contributed by atoms with Gasteiger partial charge in [0, 0.05) is 105 Å². The Balaban J connectivity index is 0.00000464. The van der Waals surface area contributed by atoms with Crippen LogP contribution in [0.15, 0.2) is 214 Å². The molecule has 6 aliphatic rings. The van der Waals surface area contributed by atoms with Crippen LogP contribution in [0.5, 0.6) is 0 Å². The summed E-state index contributed by atoms with van der Waals surface area (Å²) in [5.74, 6) is 0. The summed E-state index contributed by atoms with van der Waals surface area (Å²) in [6.07, 6.45) is 29.2. The molecule has 0 N–H and O–H groups in total. The van der Waals surface area contributed by atoms with Crippen LogP contribution in [0.3, 0.4) is 0 Å². The lowest BCUT2D eigenvalue weighted by molar-refractivity contribution is -0.438. The summed E-state index contributed by atoms with van der Waals surface area (Å²) in [6.45, 7) is 29.2. The van der Waals surface area contributed by atoms with Crippen molar-refractivity contribution in [1.29, 1.82) is 0 Å². The maximum Gasteiger partial charge on any atom is 0.210 e.